The summed E-state index contributed by atoms with van der Waals surface area (Å²) in [5.74, 6) is 0.267. The Morgan fingerprint density at radius 2 is 2.14 bits per heavy atom. The standard InChI is InChI=1S/C15H12Cl3NO2S/c1-9-11(5-7-22-9)15(20)19-10-2-3-12(16)13(8-10)21-6-4-14(17)18/h2-5,7-8H,6H2,1H3,(H,19,20). The van der Waals surface area contributed by atoms with Gasteiger partial charge in [0, 0.05) is 16.6 Å². The molecule has 0 saturated carbocycles. The molecule has 1 aromatic carbocycles. The summed E-state index contributed by atoms with van der Waals surface area (Å²) in [6.07, 6.45) is 1.50. The van der Waals surface area contributed by atoms with Crippen molar-refractivity contribution in [2.24, 2.45) is 0 Å². The van der Waals surface area contributed by atoms with E-state index in [1.165, 1.54) is 17.4 Å². The lowest BCUT2D eigenvalue weighted by Gasteiger charge is -2.10. The van der Waals surface area contributed by atoms with Gasteiger partial charge in [0.25, 0.3) is 5.91 Å². The van der Waals surface area contributed by atoms with Crippen LogP contribution in [-0.2, 0) is 0 Å². The maximum atomic E-state index is 12.2. The highest BCUT2D eigenvalue weighted by molar-refractivity contribution is 7.10. The van der Waals surface area contributed by atoms with Crippen molar-refractivity contribution in [2.75, 3.05) is 11.9 Å². The van der Waals surface area contributed by atoms with Crippen LogP contribution in [0.25, 0.3) is 0 Å². The molecule has 1 aromatic heterocycles. The smallest absolute Gasteiger partial charge is 0.256 e. The maximum Gasteiger partial charge on any atom is 0.256 e. The largest absolute Gasteiger partial charge is 0.488 e. The molecule has 0 radical (unpaired) electrons. The van der Waals surface area contributed by atoms with Gasteiger partial charge in [-0.25, -0.2) is 0 Å². The van der Waals surface area contributed by atoms with E-state index in [1.54, 1.807) is 24.3 Å². The van der Waals surface area contributed by atoms with Gasteiger partial charge in [-0.3, -0.25) is 4.79 Å². The van der Waals surface area contributed by atoms with Gasteiger partial charge in [-0.1, -0.05) is 34.8 Å². The van der Waals surface area contributed by atoms with E-state index in [0.717, 1.165) is 4.88 Å². The molecule has 0 bridgehead atoms. The first kappa shape index (κ1) is 17.2. The summed E-state index contributed by atoms with van der Waals surface area (Å²) in [7, 11) is 0. The van der Waals surface area contributed by atoms with Crippen molar-refractivity contribution in [2.45, 2.75) is 6.92 Å². The van der Waals surface area contributed by atoms with Crippen LogP contribution in [0.5, 0.6) is 5.75 Å². The monoisotopic (exact) mass is 375 g/mol. The van der Waals surface area contributed by atoms with Crippen molar-refractivity contribution < 1.29 is 9.53 Å². The van der Waals surface area contributed by atoms with E-state index in [2.05, 4.69) is 5.32 Å². The van der Waals surface area contributed by atoms with Crippen LogP contribution in [0.15, 0.2) is 40.2 Å². The first-order valence-electron chi connectivity index (χ1n) is 6.26. The van der Waals surface area contributed by atoms with Gasteiger partial charge in [0.05, 0.1) is 10.6 Å². The van der Waals surface area contributed by atoms with Crippen LogP contribution in [0.1, 0.15) is 15.2 Å². The summed E-state index contributed by atoms with van der Waals surface area (Å²) in [6, 6.07) is 6.80. The lowest BCUT2D eigenvalue weighted by molar-refractivity contribution is 0.102. The number of carbonyl (C=O) groups is 1. The molecule has 1 amide bonds. The van der Waals surface area contributed by atoms with Gasteiger partial charge in [0.15, 0.2) is 0 Å². The van der Waals surface area contributed by atoms with Crippen molar-refractivity contribution in [3.05, 3.63) is 55.7 Å². The molecule has 7 heteroatoms. The van der Waals surface area contributed by atoms with Gasteiger partial charge in [-0.2, -0.15) is 0 Å². The Hall–Kier alpha value is -1.20. The van der Waals surface area contributed by atoms with Crippen LogP contribution in [-0.4, -0.2) is 12.5 Å². The van der Waals surface area contributed by atoms with Crippen LogP contribution in [0.4, 0.5) is 5.69 Å². The van der Waals surface area contributed by atoms with Gasteiger partial charge in [0.2, 0.25) is 0 Å². The minimum atomic E-state index is -0.171. The Bertz CT molecular complexity index is 709. The zero-order valence-electron chi connectivity index (χ0n) is 11.5. The predicted octanol–water partition coefficient (Wildman–Crippen LogP) is 5.66. The van der Waals surface area contributed by atoms with Crippen molar-refractivity contribution >= 4 is 57.7 Å². The summed E-state index contributed by atoms with van der Waals surface area (Å²) >= 11 is 18.6. The molecule has 2 aromatic rings. The quantitative estimate of drug-likeness (QED) is 0.731. The van der Waals surface area contributed by atoms with E-state index in [1.807, 2.05) is 12.3 Å². The molecule has 0 atom stereocenters. The maximum absolute atomic E-state index is 12.2. The van der Waals surface area contributed by atoms with Gasteiger partial charge in [0.1, 0.15) is 16.8 Å². The van der Waals surface area contributed by atoms with E-state index < -0.39 is 0 Å². The fraction of sp³-hybridized carbons (Fsp3) is 0.133. The molecule has 0 unspecified atom stereocenters. The number of nitrogens with one attached hydrogen (secondary N) is 1. The number of hydrogen-bond donors (Lipinski definition) is 1. The zero-order valence-corrected chi connectivity index (χ0v) is 14.6. The van der Waals surface area contributed by atoms with Crippen LogP contribution in [0.3, 0.4) is 0 Å². The van der Waals surface area contributed by atoms with Gasteiger partial charge < -0.3 is 10.1 Å². The number of thiophene rings is 1. The van der Waals surface area contributed by atoms with E-state index in [0.29, 0.717) is 22.0 Å². The van der Waals surface area contributed by atoms with E-state index in [4.69, 9.17) is 39.5 Å². The third-order valence-corrected chi connectivity index (χ3v) is 4.24. The lowest BCUT2D eigenvalue weighted by Crippen LogP contribution is -2.12. The SMILES string of the molecule is Cc1sccc1C(=O)Nc1ccc(Cl)c(OCC=C(Cl)Cl)c1. The lowest BCUT2D eigenvalue weighted by atomic mass is 10.2. The number of ether oxygens (including phenoxy) is 1. The Morgan fingerprint density at radius 3 is 2.77 bits per heavy atom. The molecule has 0 spiro atoms. The Kier molecular flexibility index (Phi) is 6.15. The second-order valence-electron chi connectivity index (χ2n) is 4.29. The van der Waals surface area contributed by atoms with Crippen LogP contribution < -0.4 is 10.1 Å². The average molecular weight is 377 g/mol. The third-order valence-electron chi connectivity index (χ3n) is 2.77. The van der Waals surface area contributed by atoms with E-state index in [-0.39, 0.29) is 17.0 Å². The molecular formula is C15H12Cl3NO2S. The summed E-state index contributed by atoms with van der Waals surface area (Å²) < 4.78 is 5.58. The zero-order chi connectivity index (χ0) is 16.1. The summed E-state index contributed by atoms with van der Waals surface area (Å²) in [4.78, 5) is 13.1. The summed E-state index contributed by atoms with van der Waals surface area (Å²) in [6.45, 7) is 2.08. The Balaban J connectivity index is 2.10. The topological polar surface area (TPSA) is 38.3 Å². The second kappa shape index (κ2) is 7.88. The van der Waals surface area contributed by atoms with Gasteiger partial charge in [-0.15, -0.1) is 11.3 Å². The number of anilines is 1. The summed E-state index contributed by atoms with van der Waals surface area (Å²) in [5, 5.41) is 5.13. The molecule has 116 valence electrons. The minimum absolute atomic E-state index is 0.119. The third kappa shape index (κ3) is 4.65. The van der Waals surface area contributed by atoms with Gasteiger partial charge in [-0.05, 0) is 36.6 Å². The van der Waals surface area contributed by atoms with Crippen molar-refractivity contribution in [3.63, 3.8) is 0 Å². The Labute approximate surface area is 147 Å². The van der Waals surface area contributed by atoms with E-state index >= 15 is 0 Å². The van der Waals surface area contributed by atoms with Crippen molar-refractivity contribution in [1.29, 1.82) is 0 Å². The first-order chi connectivity index (χ1) is 10.5. The molecule has 1 N–H and O–H groups in total. The number of rotatable bonds is 5. The van der Waals surface area contributed by atoms with Crippen molar-refractivity contribution in [1.82, 2.24) is 0 Å². The normalized spacial score (nSPS) is 10.2. The van der Waals surface area contributed by atoms with Crippen LogP contribution in [0, 0.1) is 6.92 Å². The number of halogens is 3. The fourth-order valence-electron chi connectivity index (χ4n) is 1.71. The molecule has 0 aliphatic rings. The molecule has 2 rings (SSSR count). The molecule has 0 fully saturated rings. The predicted molar refractivity (Wildman–Crippen MR) is 93.7 cm³/mol. The first-order valence-corrected chi connectivity index (χ1v) is 8.27. The molecule has 22 heavy (non-hydrogen) atoms. The molecule has 0 saturated heterocycles. The average Bonchev–Trinajstić information content (AvgIpc) is 2.88. The summed E-state index contributed by atoms with van der Waals surface area (Å²) in [5.41, 5.74) is 1.25. The van der Waals surface area contributed by atoms with E-state index in [9.17, 15) is 4.79 Å². The van der Waals surface area contributed by atoms with Crippen molar-refractivity contribution in [3.8, 4) is 5.75 Å². The van der Waals surface area contributed by atoms with Gasteiger partial charge >= 0.3 is 0 Å². The number of hydrogen-bond acceptors (Lipinski definition) is 3. The number of carbonyl (C=O) groups excluding carboxylic acids is 1. The second-order valence-corrected chi connectivity index (χ2v) is 6.83. The molecule has 3 nitrogen and oxygen atoms in total. The highest BCUT2D eigenvalue weighted by Gasteiger charge is 2.11. The minimum Gasteiger partial charge on any atom is -0.488 e. The van der Waals surface area contributed by atoms with Crippen LogP contribution >= 0.6 is 46.1 Å². The van der Waals surface area contributed by atoms with Crippen LogP contribution in [0.2, 0.25) is 5.02 Å². The molecular weight excluding hydrogens is 365 g/mol. The number of amides is 1. The molecule has 1 heterocycles. The molecule has 0 aliphatic carbocycles. The fourth-order valence-corrected chi connectivity index (χ4v) is 2.70. The number of benzene rings is 1. The highest BCUT2D eigenvalue weighted by atomic mass is 35.5. The Morgan fingerprint density at radius 1 is 1.36 bits per heavy atom. The number of aryl methyl sites for hydroxylation is 1. The molecule has 0 aliphatic heterocycles. The highest BCUT2D eigenvalue weighted by Crippen LogP contribution is 2.28.